The van der Waals surface area contributed by atoms with Crippen molar-refractivity contribution in [2.24, 2.45) is 0 Å². The number of nitrogens with one attached hydrogen (secondary N) is 1. The van der Waals surface area contributed by atoms with Gasteiger partial charge in [-0.15, -0.1) is 0 Å². The summed E-state index contributed by atoms with van der Waals surface area (Å²) in [6.07, 6.45) is 6.01. The van der Waals surface area contributed by atoms with Gasteiger partial charge in [0.15, 0.2) is 0 Å². The van der Waals surface area contributed by atoms with Crippen LogP contribution >= 0.6 is 23.2 Å². The Morgan fingerprint density at radius 3 is 2.50 bits per heavy atom. The summed E-state index contributed by atoms with van der Waals surface area (Å²) in [7, 11) is 0. The second-order valence-electron chi connectivity index (χ2n) is 6.60. The smallest absolute Gasteiger partial charge is 0.255 e. The number of aromatic nitrogens is 3. The van der Waals surface area contributed by atoms with E-state index in [4.69, 9.17) is 23.2 Å². The maximum absolute atomic E-state index is 12.4. The lowest BCUT2D eigenvalue weighted by molar-refractivity contribution is 0.102. The summed E-state index contributed by atoms with van der Waals surface area (Å²) < 4.78 is 0. The predicted molar refractivity (Wildman–Crippen MR) is 104 cm³/mol. The largest absolute Gasteiger partial charge is 0.322 e. The van der Waals surface area contributed by atoms with E-state index in [-0.39, 0.29) is 5.91 Å². The molecule has 0 unspecified atom stereocenters. The first-order valence-electron chi connectivity index (χ1n) is 8.73. The Morgan fingerprint density at radius 2 is 1.73 bits per heavy atom. The van der Waals surface area contributed by atoms with Gasteiger partial charge in [0.25, 0.3) is 5.91 Å². The quantitative estimate of drug-likeness (QED) is 0.644. The number of nitrogens with zero attached hydrogens (tertiary/aromatic N) is 3. The highest BCUT2D eigenvalue weighted by atomic mass is 35.5. The van der Waals surface area contributed by atoms with Gasteiger partial charge in [0.1, 0.15) is 11.0 Å². The summed E-state index contributed by atoms with van der Waals surface area (Å²) in [4.78, 5) is 14.3. The lowest BCUT2D eigenvalue weighted by atomic mass is 9.96. The van der Waals surface area contributed by atoms with Crippen molar-refractivity contribution in [3.8, 4) is 0 Å². The summed E-state index contributed by atoms with van der Waals surface area (Å²) in [6, 6.07) is 10.7. The molecule has 0 atom stereocenters. The molecular weight excluding hydrogens is 371 g/mol. The van der Waals surface area contributed by atoms with Crippen molar-refractivity contribution in [1.29, 1.82) is 0 Å². The molecule has 1 fully saturated rings. The van der Waals surface area contributed by atoms with E-state index in [1.54, 1.807) is 18.2 Å². The Balaban J connectivity index is 1.54. The molecule has 1 aromatic heterocycles. The van der Waals surface area contributed by atoms with E-state index in [2.05, 4.69) is 15.5 Å². The van der Waals surface area contributed by atoms with Gasteiger partial charge in [0.2, 0.25) is 0 Å². The molecule has 1 amide bonds. The second-order valence-corrected chi connectivity index (χ2v) is 7.41. The first-order valence-corrected chi connectivity index (χ1v) is 9.49. The van der Waals surface area contributed by atoms with Crippen LogP contribution in [0.5, 0.6) is 0 Å². The van der Waals surface area contributed by atoms with Crippen LogP contribution in [0, 0.1) is 0 Å². The highest BCUT2D eigenvalue weighted by Gasteiger charge is 2.18. The average molecular weight is 389 g/mol. The zero-order chi connectivity index (χ0) is 18.1. The highest BCUT2D eigenvalue weighted by Crippen LogP contribution is 2.28. The summed E-state index contributed by atoms with van der Waals surface area (Å²) in [5.41, 5.74) is 2.74. The zero-order valence-corrected chi connectivity index (χ0v) is 15.6. The molecule has 1 saturated carbocycles. The Morgan fingerprint density at radius 1 is 0.962 bits per heavy atom. The first-order chi connectivity index (χ1) is 12.6. The van der Waals surface area contributed by atoms with Crippen LogP contribution in [-0.2, 0) is 0 Å². The van der Waals surface area contributed by atoms with E-state index >= 15 is 0 Å². The fraction of sp³-hybridized carbons (Fsp3) is 0.316. The van der Waals surface area contributed by atoms with Gasteiger partial charge in [0.05, 0.1) is 16.1 Å². The number of hydrogen-bond donors (Lipinski definition) is 1. The minimum Gasteiger partial charge on any atom is -0.322 e. The standard InChI is InChI=1S/C19H18Cl2N4O/c20-15-8-6-12(10-16(15)21)19(26)22-13-7-9-17-18(11-13)24-25(23-17)14-4-2-1-3-5-14/h6-11,14H,1-5H2,(H,22,26). The molecule has 0 bridgehead atoms. The van der Waals surface area contributed by atoms with Gasteiger partial charge >= 0.3 is 0 Å². The highest BCUT2D eigenvalue weighted by molar-refractivity contribution is 6.42. The van der Waals surface area contributed by atoms with E-state index in [0.717, 1.165) is 23.9 Å². The van der Waals surface area contributed by atoms with Crippen LogP contribution in [0.3, 0.4) is 0 Å². The number of fused-ring (bicyclic) bond motifs is 1. The fourth-order valence-corrected chi connectivity index (χ4v) is 3.62. The lowest BCUT2D eigenvalue weighted by Gasteiger charge is -2.20. The molecule has 26 heavy (non-hydrogen) atoms. The van der Waals surface area contributed by atoms with Gasteiger partial charge in [-0.05, 0) is 49.2 Å². The monoisotopic (exact) mass is 388 g/mol. The van der Waals surface area contributed by atoms with Crippen LogP contribution in [0.2, 0.25) is 10.0 Å². The van der Waals surface area contributed by atoms with E-state index in [1.807, 2.05) is 23.0 Å². The SMILES string of the molecule is O=C(Nc1ccc2nn(C3CCCCC3)nc2c1)c1ccc(Cl)c(Cl)c1. The molecular formula is C19H18Cl2N4O. The summed E-state index contributed by atoms with van der Waals surface area (Å²) in [5.74, 6) is -0.248. The first kappa shape index (κ1) is 17.3. The molecule has 1 aliphatic rings. The number of amides is 1. The predicted octanol–water partition coefficient (Wildman–Crippen LogP) is 5.50. The second kappa shape index (κ2) is 7.25. The van der Waals surface area contributed by atoms with Crippen LogP contribution in [-0.4, -0.2) is 20.9 Å². The molecule has 0 aliphatic heterocycles. The number of rotatable bonds is 3. The molecule has 3 aromatic rings. The Kier molecular flexibility index (Phi) is 4.83. The zero-order valence-electron chi connectivity index (χ0n) is 14.1. The molecule has 7 heteroatoms. The Bertz CT molecular complexity index is 963. The van der Waals surface area contributed by atoms with Crippen molar-refractivity contribution in [3.05, 3.63) is 52.0 Å². The Labute approximate surface area is 161 Å². The van der Waals surface area contributed by atoms with Gasteiger partial charge < -0.3 is 5.32 Å². The third-order valence-electron chi connectivity index (χ3n) is 4.74. The van der Waals surface area contributed by atoms with Crippen LogP contribution in [0.1, 0.15) is 48.5 Å². The molecule has 4 rings (SSSR count). The molecule has 0 saturated heterocycles. The number of carbonyl (C=O) groups is 1. The van der Waals surface area contributed by atoms with E-state index in [0.29, 0.717) is 27.3 Å². The van der Waals surface area contributed by atoms with Crippen LogP contribution in [0.25, 0.3) is 11.0 Å². The molecule has 134 valence electrons. The van der Waals surface area contributed by atoms with E-state index in [9.17, 15) is 4.79 Å². The number of hydrogen-bond acceptors (Lipinski definition) is 3. The van der Waals surface area contributed by atoms with Crippen molar-refractivity contribution in [1.82, 2.24) is 15.0 Å². The summed E-state index contributed by atoms with van der Waals surface area (Å²) in [6.45, 7) is 0. The minimum absolute atomic E-state index is 0.248. The molecule has 5 nitrogen and oxygen atoms in total. The van der Waals surface area contributed by atoms with Crippen molar-refractivity contribution in [2.45, 2.75) is 38.1 Å². The van der Waals surface area contributed by atoms with Crippen molar-refractivity contribution < 1.29 is 4.79 Å². The minimum atomic E-state index is -0.248. The molecule has 1 heterocycles. The van der Waals surface area contributed by atoms with Crippen LogP contribution in [0.4, 0.5) is 5.69 Å². The molecule has 0 spiro atoms. The van der Waals surface area contributed by atoms with Crippen molar-refractivity contribution in [2.75, 3.05) is 5.32 Å². The van der Waals surface area contributed by atoms with Gasteiger partial charge in [-0.1, -0.05) is 42.5 Å². The average Bonchev–Trinajstić information content (AvgIpc) is 3.08. The summed E-state index contributed by atoms with van der Waals surface area (Å²) >= 11 is 11.9. The fourth-order valence-electron chi connectivity index (χ4n) is 3.32. The number of carbonyl (C=O) groups excluding carboxylic acids is 1. The topological polar surface area (TPSA) is 59.8 Å². The van der Waals surface area contributed by atoms with Gasteiger partial charge in [-0.3, -0.25) is 4.79 Å². The molecule has 1 N–H and O–H groups in total. The van der Waals surface area contributed by atoms with Crippen LogP contribution < -0.4 is 5.32 Å². The number of anilines is 1. The molecule has 1 aliphatic carbocycles. The number of halogens is 2. The lowest BCUT2D eigenvalue weighted by Crippen LogP contribution is -2.15. The van der Waals surface area contributed by atoms with Gasteiger partial charge in [-0.25, -0.2) is 0 Å². The molecule has 2 aromatic carbocycles. The maximum atomic E-state index is 12.4. The third kappa shape index (κ3) is 3.55. The summed E-state index contributed by atoms with van der Waals surface area (Å²) in [5, 5.41) is 12.9. The molecule has 0 radical (unpaired) electrons. The van der Waals surface area contributed by atoms with Crippen molar-refractivity contribution >= 4 is 45.8 Å². The van der Waals surface area contributed by atoms with E-state index < -0.39 is 0 Å². The third-order valence-corrected chi connectivity index (χ3v) is 5.48. The van der Waals surface area contributed by atoms with E-state index in [1.165, 1.54) is 19.3 Å². The number of benzene rings is 2. The maximum Gasteiger partial charge on any atom is 0.255 e. The normalized spacial score (nSPS) is 15.3. The van der Waals surface area contributed by atoms with Gasteiger partial charge in [0, 0.05) is 11.3 Å². The van der Waals surface area contributed by atoms with Crippen molar-refractivity contribution in [3.63, 3.8) is 0 Å². The van der Waals surface area contributed by atoms with Crippen LogP contribution in [0.15, 0.2) is 36.4 Å². The Hall–Kier alpha value is -2.11. The van der Waals surface area contributed by atoms with Gasteiger partial charge in [-0.2, -0.15) is 15.0 Å².